The summed E-state index contributed by atoms with van der Waals surface area (Å²) in [5, 5.41) is 1.81. The van der Waals surface area contributed by atoms with Crippen LogP contribution in [0.25, 0.3) is 10.9 Å². The standard InChI is InChI=1S/C12H12ClNO/c1-2-11(15)8-14-6-5-9-3-4-10(13)7-12(9)14/h3-7H,2,8H2,1H3. The molecule has 0 bridgehead atoms. The highest BCUT2D eigenvalue weighted by Crippen LogP contribution is 2.20. The van der Waals surface area contributed by atoms with Crippen LogP contribution in [-0.4, -0.2) is 10.4 Å². The van der Waals surface area contributed by atoms with Gasteiger partial charge in [0, 0.05) is 23.2 Å². The lowest BCUT2D eigenvalue weighted by atomic mass is 10.2. The van der Waals surface area contributed by atoms with E-state index in [0.29, 0.717) is 18.0 Å². The Morgan fingerprint density at radius 3 is 2.93 bits per heavy atom. The van der Waals surface area contributed by atoms with Gasteiger partial charge in [0.25, 0.3) is 0 Å². The molecule has 0 spiro atoms. The van der Waals surface area contributed by atoms with Crippen molar-refractivity contribution in [1.29, 1.82) is 0 Å². The second kappa shape index (κ2) is 4.07. The summed E-state index contributed by atoms with van der Waals surface area (Å²) < 4.78 is 1.94. The number of benzene rings is 1. The van der Waals surface area contributed by atoms with Crippen LogP contribution in [0.3, 0.4) is 0 Å². The van der Waals surface area contributed by atoms with E-state index in [1.54, 1.807) is 0 Å². The van der Waals surface area contributed by atoms with Gasteiger partial charge in [-0.25, -0.2) is 0 Å². The fraction of sp³-hybridized carbons (Fsp3) is 0.250. The summed E-state index contributed by atoms with van der Waals surface area (Å²) in [4.78, 5) is 11.4. The Bertz CT molecular complexity index is 501. The highest BCUT2D eigenvalue weighted by Gasteiger charge is 2.04. The predicted molar refractivity (Wildman–Crippen MR) is 62.2 cm³/mol. The Labute approximate surface area is 93.5 Å². The number of hydrogen-bond donors (Lipinski definition) is 0. The van der Waals surface area contributed by atoms with Gasteiger partial charge < -0.3 is 4.57 Å². The molecule has 0 amide bonds. The van der Waals surface area contributed by atoms with Crippen LogP contribution < -0.4 is 0 Å². The third kappa shape index (κ3) is 2.05. The van der Waals surface area contributed by atoms with Crippen molar-refractivity contribution >= 4 is 28.3 Å². The van der Waals surface area contributed by atoms with E-state index < -0.39 is 0 Å². The number of ketones is 1. The van der Waals surface area contributed by atoms with Crippen molar-refractivity contribution in [3.63, 3.8) is 0 Å². The molecule has 2 aromatic rings. The fourth-order valence-corrected chi connectivity index (χ4v) is 1.76. The number of carbonyl (C=O) groups is 1. The van der Waals surface area contributed by atoms with Crippen LogP contribution in [0.4, 0.5) is 0 Å². The molecule has 15 heavy (non-hydrogen) atoms. The van der Waals surface area contributed by atoms with Gasteiger partial charge in [-0.3, -0.25) is 4.79 Å². The van der Waals surface area contributed by atoms with Crippen LogP contribution in [0.15, 0.2) is 30.5 Å². The maximum atomic E-state index is 11.4. The van der Waals surface area contributed by atoms with Crippen LogP contribution >= 0.6 is 11.6 Å². The lowest BCUT2D eigenvalue weighted by Crippen LogP contribution is -2.07. The zero-order valence-electron chi connectivity index (χ0n) is 8.53. The van der Waals surface area contributed by atoms with Gasteiger partial charge in [0.2, 0.25) is 0 Å². The summed E-state index contributed by atoms with van der Waals surface area (Å²) in [5.41, 5.74) is 1.02. The zero-order chi connectivity index (χ0) is 10.8. The average Bonchev–Trinajstić information content (AvgIpc) is 2.61. The van der Waals surface area contributed by atoms with Crippen molar-refractivity contribution in [2.24, 2.45) is 0 Å². The number of carbonyl (C=O) groups excluding carboxylic acids is 1. The maximum absolute atomic E-state index is 11.4. The molecule has 3 heteroatoms. The molecule has 0 atom stereocenters. The molecule has 0 saturated carbocycles. The van der Waals surface area contributed by atoms with Gasteiger partial charge in [0.15, 0.2) is 5.78 Å². The molecule has 2 rings (SSSR count). The first-order valence-corrected chi connectivity index (χ1v) is 5.34. The number of fused-ring (bicyclic) bond motifs is 1. The van der Waals surface area contributed by atoms with Crippen molar-refractivity contribution in [1.82, 2.24) is 4.57 Å². The molecule has 0 saturated heterocycles. The van der Waals surface area contributed by atoms with E-state index in [2.05, 4.69) is 0 Å². The molecule has 0 aliphatic carbocycles. The highest BCUT2D eigenvalue weighted by atomic mass is 35.5. The van der Waals surface area contributed by atoms with Gasteiger partial charge in [-0.15, -0.1) is 0 Å². The van der Waals surface area contributed by atoms with E-state index >= 15 is 0 Å². The second-order valence-electron chi connectivity index (χ2n) is 3.54. The normalized spacial score (nSPS) is 10.8. The summed E-state index contributed by atoms with van der Waals surface area (Å²) in [6, 6.07) is 7.70. The lowest BCUT2D eigenvalue weighted by molar-refractivity contribution is -0.119. The molecule has 0 fully saturated rings. The van der Waals surface area contributed by atoms with Crippen molar-refractivity contribution in [3.05, 3.63) is 35.5 Å². The molecule has 0 aliphatic rings. The first-order valence-electron chi connectivity index (χ1n) is 4.97. The highest BCUT2D eigenvalue weighted by molar-refractivity contribution is 6.31. The SMILES string of the molecule is CCC(=O)Cn1ccc2ccc(Cl)cc21. The second-order valence-corrected chi connectivity index (χ2v) is 3.98. The van der Waals surface area contributed by atoms with Crippen LogP contribution in [-0.2, 0) is 11.3 Å². The summed E-state index contributed by atoms with van der Waals surface area (Å²) in [6.07, 6.45) is 2.49. The smallest absolute Gasteiger partial charge is 0.152 e. The largest absolute Gasteiger partial charge is 0.340 e. The van der Waals surface area contributed by atoms with Crippen LogP contribution in [0.1, 0.15) is 13.3 Å². The van der Waals surface area contributed by atoms with Crippen molar-refractivity contribution in [2.75, 3.05) is 0 Å². The number of Topliss-reactive ketones (excluding diaryl/α,β-unsaturated/α-hetero) is 1. The predicted octanol–water partition coefficient (Wildman–Crippen LogP) is 3.27. The summed E-state index contributed by atoms with van der Waals surface area (Å²) in [5.74, 6) is 0.229. The Morgan fingerprint density at radius 2 is 2.20 bits per heavy atom. The van der Waals surface area contributed by atoms with Gasteiger partial charge in [0.05, 0.1) is 6.54 Å². The molecule has 78 valence electrons. The average molecular weight is 222 g/mol. The van der Waals surface area contributed by atoms with E-state index in [1.165, 1.54) is 0 Å². The van der Waals surface area contributed by atoms with Crippen LogP contribution in [0.5, 0.6) is 0 Å². The number of nitrogens with zero attached hydrogens (tertiary/aromatic N) is 1. The Hall–Kier alpha value is -1.28. The molecule has 0 aliphatic heterocycles. The first-order chi connectivity index (χ1) is 7.20. The summed E-state index contributed by atoms with van der Waals surface area (Å²) in [7, 11) is 0. The monoisotopic (exact) mass is 221 g/mol. The van der Waals surface area contributed by atoms with Gasteiger partial charge in [-0.05, 0) is 23.6 Å². The summed E-state index contributed by atoms with van der Waals surface area (Å²) in [6.45, 7) is 2.31. The molecule has 0 radical (unpaired) electrons. The van der Waals surface area contributed by atoms with E-state index in [1.807, 2.05) is 42.0 Å². The molecule has 1 aromatic carbocycles. The zero-order valence-corrected chi connectivity index (χ0v) is 9.29. The first kappa shape index (κ1) is 10.2. The number of aromatic nitrogens is 1. The molecule has 1 aromatic heterocycles. The number of rotatable bonds is 3. The molecule has 0 N–H and O–H groups in total. The van der Waals surface area contributed by atoms with E-state index in [-0.39, 0.29) is 5.78 Å². The minimum absolute atomic E-state index is 0.229. The van der Waals surface area contributed by atoms with Crippen molar-refractivity contribution in [2.45, 2.75) is 19.9 Å². The fourth-order valence-electron chi connectivity index (χ4n) is 1.60. The van der Waals surface area contributed by atoms with E-state index in [4.69, 9.17) is 11.6 Å². The molecular weight excluding hydrogens is 210 g/mol. The third-order valence-corrected chi connectivity index (χ3v) is 2.71. The van der Waals surface area contributed by atoms with Crippen LogP contribution in [0, 0.1) is 0 Å². The molecular formula is C12H12ClNO. The number of hydrogen-bond acceptors (Lipinski definition) is 1. The van der Waals surface area contributed by atoms with Crippen molar-refractivity contribution < 1.29 is 4.79 Å². The Balaban J connectivity index is 2.43. The van der Waals surface area contributed by atoms with E-state index in [0.717, 1.165) is 10.9 Å². The molecule has 2 nitrogen and oxygen atoms in total. The Morgan fingerprint density at radius 1 is 1.40 bits per heavy atom. The van der Waals surface area contributed by atoms with Crippen molar-refractivity contribution in [3.8, 4) is 0 Å². The summed E-state index contributed by atoms with van der Waals surface area (Å²) >= 11 is 5.92. The topological polar surface area (TPSA) is 22.0 Å². The van der Waals surface area contributed by atoms with Gasteiger partial charge in [0.1, 0.15) is 0 Å². The van der Waals surface area contributed by atoms with Gasteiger partial charge >= 0.3 is 0 Å². The third-order valence-electron chi connectivity index (χ3n) is 2.48. The number of halogens is 1. The lowest BCUT2D eigenvalue weighted by Gasteiger charge is -2.03. The van der Waals surface area contributed by atoms with Gasteiger partial charge in [-0.2, -0.15) is 0 Å². The Kier molecular flexibility index (Phi) is 2.78. The van der Waals surface area contributed by atoms with Gasteiger partial charge in [-0.1, -0.05) is 24.6 Å². The quantitative estimate of drug-likeness (QED) is 0.780. The van der Waals surface area contributed by atoms with Crippen LogP contribution in [0.2, 0.25) is 5.02 Å². The minimum Gasteiger partial charge on any atom is -0.340 e. The molecule has 0 unspecified atom stereocenters. The van der Waals surface area contributed by atoms with E-state index in [9.17, 15) is 4.79 Å². The minimum atomic E-state index is 0.229. The maximum Gasteiger partial charge on any atom is 0.152 e. The molecule has 1 heterocycles.